The van der Waals surface area contributed by atoms with Crippen molar-refractivity contribution in [1.82, 2.24) is 9.88 Å². The molecule has 2 aromatic rings. The van der Waals surface area contributed by atoms with Crippen LogP contribution < -0.4 is 0 Å². The Kier molecular flexibility index (Phi) is 3.71. The molecule has 2 aliphatic heterocycles. The van der Waals surface area contributed by atoms with Gasteiger partial charge in [-0.3, -0.25) is 4.79 Å². The number of piperidine rings is 2. The van der Waals surface area contributed by atoms with E-state index in [0.717, 1.165) is 48.6 Å². The highest BCUT2D eigenvalue weighted by atomic mass is 19.1. The summed E-state index contributed by atoms with van der Waals surface area (Å²) < 4.78 is 14.0. The summed E-state index contributed by atoms with van der Waals surface area (Å²) in [5, 5.41) is 11.6. The number of benzene rings is 1. The molecule has 27 heavy (non-hydrogen) atoms. The summed E-state index contributed by atoms with van der Waals surface area (Å²) in [4.78, 5) is 18.5. The predicted octanol–water partition coefficient (Wildman–Crippen LogP) is 4.01. The fourth-order valence-electron chi connectivity index (χ4n) is 6.27. The van der Waals surface area contributed by atoms with E-state index < -0.39 is 5.60 Å². The van der Waals surface area contributed by atoms with Crippen LogP contribution in [0, 0.1) is 18.7 Å². The number of carbonyl (C=O) groups is 1. The number of aromatic nitrogens is 1. The van der Waals surface area contributed by atoms with Crippen molar-refractivity contribution in [1.29, 1.82) is 0 Å². The number of nitrogens with zero attached hydrogens (tertiary/aromatic N) is 1. The first-order valence-electron chi connectivity index (χ1n) is 10.1. The SMILES string of the molecule is Cc1c(F)ccc2[nH]cc(C(C)CC(=O)N3C4CC5CC3CC(O)(C5)C4)c12. The molecule has 5 heteroatoms. The molecule has 0 radical (unpaired) electrons. The smallest absolute Gasteiger partial charge is 0.223 e. The van der Waals surface area contributed by atoms with Gasteiger partial charge in [0.25, 0.3) is 0 Å². The van der Waals surface area contributed by atoms with Crippen molar-refractivity contribution >= 4 is 16.8 Å². The van der Waals surface area contributed by atoms with Gasteiger partial charge in [-0.2, -0.15) is 0 Å². The quantitative estimate of drug-likeness (QED) is 0.858. The Morgan fingerprint density at radius 1 is 1.33 bits per heavy atom. The average Bonchev–Trinajstić information content (AvgIpc) is 3.01. The van der Waals surface area contributed by atoms with Gasteiger partial charge in [0.15, 0.2) is 0 Å². The molecule has 4 aliphatic rings. The van der Waals surface area contributed by atoms with E-state index in [1.54, 1.807) is 13.0 Å². The van der Waals surface area contributed by atoms with Gasteiger partial charge in [0.2, 0.25) is 5.91 Å². The zero-order chi connectivity index (χ0) is 18.9. The lowest BCUT2D eigenvalue weighted by atomic mass is 9.61. The summed E-state index contributed by atoms with van der Waals surface area (Å²) in [5.74, 6) is 0.573. The van der Waals surface area contributed by atoms with E-state index in [0.29, 0.717) is 17.9 Å². The van der Waals surface area contributed by atoms with Crippen molar-refractivity contribution in [3.05, 3.63) is 35.3 Å². The molecule has 1 aromatic carbocycles. The number of halogens is 1. The lowest BCUT2D eigenvalue weighted by molar-refractivity contribution is -0.174. The molecular weight excluding hydrogens is 343 g/mol. The number of H-pyrrole nitrogens is 1. The van der Waals surface area contributed by atoms with Crippen LogP contribution in [0.1, 0.15) is 62.5 Å². The fourth-order valence-corrected chi connectivity index (χ4v) is 6.27. The van der Waals surface area contributed by atoms with Crippen LogP contribution in [-0.4, -0.2) is 38.6 Å². The van der Waals surface area contributed by atoms with E-state index >= 15 is 0 Å². The Morgan fingerprint density at radius 3 is 2.70 bits per heavy atom. The second-order valence-electron chi connectivity index (χ2n) is 9.23. The maximum absolute atomic E-state index is 14.0. The van der Waals surface area contributed by atoms with Gasteiger partial charge in [0.1, 0.15) is 5.82 Å². The lowest BCUT2D eigenvalue weighted by Gasteiger charge is -2.59. The third-order valence-electron chi connectivity index (χ3n) is 7.27. The Morgan fingerprint density at radius 2 is 2.04 bits per heavy atom. The molecule has 4 bridgehead atoms. The molecule has 3 heterocycles. The van der Waals surface area contributed by atoms with Gasteiger partial charge in [0, 0.05) is 35.6 Å². The normalized spacial score (nSPS) is 33.0. The Labute approximate surface area is 158 Å². The predicted molar refractivity (Wildman–Crippen MR) is 102 cm³/mol. The molecule has 3 atom stereocenters. The van der Waals surface area contributed by atoms with Crippen LogP contribution in [0.2, 0.25) is 0 Å². The summed E-state index contributed by atoms with van der Waals surface area (Å²) in [5.41, 5.74) is 2.03. The number of hydrogen-bond donors (Lipinski definition) is 2. The van der Waals surface area contributed by atoms with Crippen LogP contribution in [0.25, 0.3) is 10.9 Å². The summed E-state index contributed by atoms with van der Waals surface area (Å²) in [6.07, 6.45) is 6.81. The highest BCUT2D eigenvalue weighted by Gasteiger charge is 2.54. The topological polar surface area (TPSA) is 56.3 Å². The molecule has 1 aromatic heterocycles. The maximum Gasteiger partial charge on any atom is 0.223 e. The van der Waals surface area contributed by atoms with Crippen LogP contribution in [-0.2, 0) is 4.79 Å². The molecule has 2 aliphatic carbocycles. The van der Waals surface area contributed by atoms with Crippen molar-refractivity contribution in [2.45, 2.75) is 76.0 Å². The molecule has 3 unspecified atom stereocenters. The first kappa shape index (κ1) is 17.2. The van der Waals surface area contributed by atoms with Crippen LogP contribution in [0.5, 0.6) is 0 Å². The molecule has 144 valence electrons. The highest BCUT2D eigenvalue weighted by Crippen LogP contribution is 2.51. The van der Waals surface area contributed by atoms with Crippen molar-refractivity contribution in [2.24, 2.45) is 5.92 Å². The molecular formula is C22H27FN2O2. The minimum atomic E-state index is -0.537. The van der Waals surface area contributed by atoms with Crippen LogP contribution in [0.3, 0.4) is 0 Å². The van der Waals surface area contributed by atoms with Gasteiger partial charge in [-0.05, 0) is 74.1 Å². The summed E-state index contributed by atoms with van der Waals surface area (Å²) in [6, 6.07) is 3.64. The zero-order valence-corrected chi connectivity index (χ0v) is 16.0. The number of hydrogen-bond acceptors (Lipinski definition) is 2. The number of fused-ring (bicyclic) bond motifs is 1. The average molecular weight is 370 g/mol. The van der Waals surface area contributed by atoms with Gasteiger partial charge in [-0.1, -0.05) is 6.92 Å². The van der Waals surface area contributed by atoms with E-state index in [2.05, 4.69) is 16.8 Å². The molecule has 1 amide bonds. The molecule has 6 rings (SSSR count). The summed E-state index contributed by atoms with van der Waals surface area (Å²) in [6.45, 7) is 3.85. The zero-order valence-electron chi connectivity index (χ0n) is 16.0. The number of rotatable bonds is 3. The molecule has 2 N–H and O–H groups in total. The second-order valence-corrected chi connectivity index (χ2v) is 9.23. The number of aliphatic hydroxyl groups is 1. The summed E-state index contributed by atoms with van der Waals surface area (Å²) >= 11 is 0. The van der Waals surface area contributed by atoms with Gasteiger partial charge in [-0.15, -0.1) is 0 Å². The molecule has 2 saturated carbocycles. The standard InChI is InChI=1S/C22H27FN2O2/c1-12(17-11-24-19-4-3-18(23)13(2)21(17)19)5-20(26)25-15-6-14-7-16(25)10-22(27,8-14)9-15/h3-4,11-12,14-16,24,27H,5-10H2,1-2H3. The van der Waals surface area contributed by atoms with Crippen LogP contribution in [0.4, 0.5) is 4.39 Å². The molecule has 2 saturated heterocycles. The van der Waals surface area contributed by atoms with E-state index in [-0.39, 0.29) is 29.7 Å². The molecule has 4 nitrogen and oxygen atoms in total. The maximum atomic E-state index is 14.0. The Bertz CT molecular complexity index is 904. The van der Waals surface area contributed by atoms with E-state index in [9.17, 15) is 14.3 Å². The van der Waals surface area contributed by atoms with E-state index in [1.165, 1.54) is 6.07 Å². The Balaban J connectivity index is 1.38. The van der Waals surface area contributed by atoms with Crippen molar-refractivity contribution < 1.29 is 14.3 Å². The number of amides is 1. The van der Waals surface area contributed by atoms with E-state index in [4.69, 9.17) is 0 Å². The minimum absolute atomic E-state index is 0.0204. The second kappa shape index (κ2) is 5.81. The van der Waals surface area contributed by atoms with E-state index in [1.807, 2.05) is 6.20 Å². The Hall–Kier alpha value is -1.88. The number of aromatic amines is 1. The first-order valence-corrected chi connectivity index (χ1v) is 10.1. The van der Waals surface area contributed by atoms with Crippen LogP contribution >= 0.6 is 0 Å². The number of aryl methyl sites for hydroxylation is 1. The first-order chi connectivity index (χ1) is 12.8. The van der Waals surface area contributed by atoms with Crippen molar-refractivity contribution in [2.75, 3.05) is 0 Å². The monoisotopic (exact) mass is 370 g/mol. The van der Waals surface area contributed by atoms with Gasteiger partial charge < -0.3 is 15.0 Å². The fraction of sp³-hybridized carbons (Fsp3) is 0.591. The highest BCUT2D eigenvalue weighted by molar-refractivity contribution is 5.88. The largest absolute Gasteiger partial charge is 0.390 e. The third-order valence-corrected chi connectivity index (χ3v) is 7.27. The van der Waals surface area contributed by atoms with Crippen LogP contribution in [0.15, 0.2) is 18.3 Å². The summed E-state index contributed by atoms with van der Waals surface area (Å²) in [7, 11) is 0. The van der Waals surface area contributed by atoms with Gasteiger partial charge in [-0.25, -0.2) is 4.39 Å². The lowest BCUT2D eigenvalue weighted by Crippen LogP contribution is -2.65. The molecule has 4 fully saturated rings. The minimum Gasteiger partial charge on any atom is -0.390 e. The third kappa shape index (κ3) is 2.62. The number of nitrogens with one attached hydrogen (secondary N) is 1. The molecule has 0 spiro atoms. The van der Waals surface area contributed by atoms with Crippen molar-refractivity contribution in [3.8, 4) is 0 Å². The number of carbonyl (C=O) groups excluding carboxylic acids is 1. The van der Waals surface area contributed by atoms with Gasteiger partial charge in [0.05, 0.1) is 5.60 Å². The van der Waals surface area contributed by atoms with Gasteiger partial charge >= 0.3 is 0 Å². The van der Waals surface area contributed by atoms with Crippen molar-refractivity contribution in [3.63, 3.8) is 0 Å².